The Morgan fingerprint density at radius 2 is 2.00 bits per heavy atom. The van der Waals surface area contributed by atoms with Crippen LogP contribution in [0, 0.1) is 0 Å². The van der Waals surface area contributed by atoms with Gasteiger partial charge in [0.05, 0.1) is 5.60 Å². The van der Waals surface area contributed by atoms with Gasteiger partial charge in [0.25, 0.3) is 0 Å². The Labute approximate surface area is 50.3 Å². The monoisotopic (exact) mass is 112 g/mol. The maximum atomic E-state index is 9.01. The minimum Gasteiger partial charge on any atom is -0.386 e. The van der Waals surface area contributed by atoms with Crippen LogP contribution in [0.4, 0.5) is 0 Å². The van der Waals surface area contributed by atoms with Gasteiger partial charge in [0.15, 0.2) is 0 Å². The van der Waals surface area contributed by atoms with Crippen molar-refractivity contribution in [2.45, 2.75) is 19.4 Å². The molecule has 1 heteroatoms. The van der Waals surface area contributed by atoms with Crippen molar-refractivity contribution in [2.75, 3.05) is 0 Å². The van der Waals surface area contributed by atoms with Gasteiger partial charge >= 0.3 is 0 Å². The molecule has 0 aromatic carbocycles. The van der Waals surface area contributed by atoms with E-state index in [1.807, 2.05) is 0 Å². The fourth-order valence-corrected chi connectivity index (χ4v) is 0.304. The van der Waals surface area contributed by atoms with Crippen LogP contribution in [0.1, 0.15) is 13.8 Å². The van der Waals surface area contributed by atoms with Gasteiger partial charge in [-0.1, -0.05) is 24.8 Å². The van der Waals surface area contributed by atoms with E-state index >= 15 is 0 Å². The first-order chi connectivity index (χ1) is 3.56. The highest BCUT2D eigenvalue weighted by Gasteiger charge is 2.03. The van der Waals surface area contributed by atoms with Crippen LogP contribution in [-0.2, 0) is 0 Å². The summed E-state index contributed by atoms with van der Waals surface area (Å²) in [5.74, 6) is 0. The maximum absolute atomic E-state index is 9.01. The highest BCUT2D eigenvalue weighted by molar-refractivity contribution is 5.04. The van der Waals surface area contributed by atoms with E-state index in [2.05, 4.69) is 6.58 Å². The Bertz CT molecular complexity index is 95.4. The summed E-state index contributed by atoms with van der Waals surface area (Å²) in [5, 5.41) is 9.01. The normalized spacial score (nSPS) is 12.4. The molecule has 8 heavy (non-hydrogen) atoms. The zero-order chi connectivity index (χ0) is 6.62. The average molecular weight is 112 g/mol. The van der Waals surface area contributed by atoms with Gasteiger partial charge in [-0.05, 0) is 13.8 Å². The van der Waals surface area contributed by atoms with Crippen LogP contribution < -0.4 is 0 Å². The van der Waals surface area contributed by atoms with E-state index in [4.69, 9.17) is 5.11 Å². The van der Waals surface area contributed by atoms with Gasteiger partial charge < -0.3 is 5.11 Å². The van der Waals surface area contributed by atoms with E-state index in [1.165, 1.54) is 0 Å². The summed E-state index contributed by atoms with van der Waals surface area (Å²) in [6.07, 6.45) is 5.04. The van der Waals surface area contributed by atoms with Crippen molar-refractivity contribution in [1.82, 2.24) is 0 Å². The lowest BCUT2D eigenvalue weighted by Gasteiger charge is -2.08. The van der Waals surface area contributed by atoms with Crippen molar-refractivity contribution in [1.29, 1.82) is 0 Å². The van der Waals surface area contributed by atoms with Crippen LogP contribution in [0.25, 0.3) is 0 Å². The van der Waals surface area contributed by atoms with Crippen LogP contribution >= 0.6 is 0 Å². The third kappa shape index (κ3) is 5.44. The zero-order valence-electron chi connectivity index (χ0n) is 5.39. The van der Waals surface area contributed by atoms with E-state index in [-0.39, 0.29) is 0 Å². The molecule has 1 N–H and O–H groups in total. The molecule has 0 aromatic heterocycles. The zero-order valence-corrected chi connectivity index (χ0v) is 5.39. The molecule has 0 aliphatic carbocycles. The third-order valence-corrected chi connectivity index (χ3v) is 0.640. The lowest BCUT2D eigenvalue weighted by Crippen LogP contribution is -2.13. The van der Waals surface area contributed by atoms with Gasteiger partial charge in [0, 0.05) is 0 Å². The number of allylic oxidation sites excluding steroid dienone is 2. The molecule has 0 amide bonds. The van der Waals surface area contributed by atoms with Gasteiger partial charge in [-0.15, -0.1) is 0 Å². The molecular weight excluding hydrogens is 100 g/mol. The summed E-state index contributed by atoms with van der Waals surface area (Å²) in [4.78, 5) is 0. The van der Waals surface area contributed by atoms with Crippen molar-refractivity contribution in [2.24, 2.45) is 0 Å². The SMILES string of the molecule is C=C/C=C\C(C)(C)O. The van der Waals surface area contributed by atoms with Crippen LogP contribution in [0.5, 0.6) is 0 Å². The minimum atomic E-state index is -0.700. The third-order valence-electron chi connectivity index (χ3n) is 0.640. The second-order valence-electron chi connectivity index (χ2n) is 2.25. The van der Waals surface area contributed by atoms with Crippen LogP contribution in [0.3, 0.4) is 0 Å². The highest BCUT2D eigenvalue weighted by atomic mass is 16.3. The largest absolute Gasteiger partial charge is 0.386 e. The van der Waals surface area contributed by atoms with Crippen LogP contribution in [-0.4, -0.2) is 10.7 Å². The standard InChI is InChI=1S/C7H12O/c1-4-5-6-7(2,3)8/h4-6,8H,1H2,2-3H3/b6-5-. The molecule has 46 valence electrons. The molecule has 0 radical (unpaired) electrons. The minimum absolute atomic E-state index is 0.700. The second kappa shape index (κ2) is 2.68. The van der Waals surface area contributed by atoms with Gasteiger partial charge in [-0.3, -0.25) is 0 Å². The molecule has 0 aliphatic heterocycles. The number of rotatable bonds is 2. The summed E-state index contributed by atoms with van der Waals surface area (Å²) >= 11 is 0. The molecule has 0 aromatic rings. The van der Waals surface area contributed by atoms with E-state index in [9.17, 15) is 0 Å². The Kier molecular flexibility index (Phi) is 2.49. The average Bonchev–Trinajstić information content (AvgIpc) is 1.59. The Morgan fingerprint density at radius 1 is 1.50 bits per heavy atom. The number of hydrogen-bond donors (Lipinski definition) is 1. The lowest BCUT2D eigenvalue weighted by atomic mass is 10.1. The molecule has 0 saturated carbocycles. The smallest absolute Gasteiger partial charge is 0.0774 e. The van der Waals surface area contributed by atoms with Crippen LogP contribution in [0.15, 0.2) is 24.8 Å². The second-order valence-corrected chi connectivity index (χ2v) is 2.25. The molecular formula is C7H12O. The topological polar surface area (TPSA) is 20.2 Å². The fraction of sp³-hybridized carbons (Fsp3) is 0.429. The van der Waals surface area contributed by atoms with Crippen LogP contribution in [0.2, 0.25) is 0 Å². The van der Waals surface area contributed by atoms with Crippen molar-refractivity contribution in [3.63, 3.8) is 0 Å². The molecule has 0 unspecified atom stereocenters. The Hall–Kier alpha value is -0.560. The molecule has 0 bridgehead atoms. The first-order valence-electron chi connectivity index (χ1n) is 2.59. The van der Waals surface area contributed by atoms with Crippen molar-refractivity contribution in [3.05, 3.63) is 24.8 Å². The van der Waals surface area contributed by atoms with Crippen molar-refractivity contribution >= 4 is 0 Å². The molecule has 0 rings (SSSR count). The lowest BCUT2D eigenvalue weighted by molar-refractivity contribution is 0.133. The maximum Gasteiger partial charge on any atom is 0.0774 e. The first-order valence-corrected chi connectivity index (χ1v) is 2.59. The molecule has 0 spiro atoms. The van der Waals surface area contributed by atoms with E-state index in [1.54, 1.807) is 32.1 Å². The van der Waals surface area contributed by atoms with Gasteiger partial charge in [0.1, 0.15) is 0 Å². The van der Waals surface area contributed by atoms with Gasteiger partial charge in [-0.2, -0.15) is 0 Å². The summed E-state index contributed by atoms with van der Waals surface area (Å²) in [7, 11) is 0. The summed E-state index contributed by atoms with van der Waals surface area (Å²) < 4.78 is 0. The number of hydrogen-bond acceptors (Lipinski definition) is 1. The molecule has 0 heterocycles. The Morgan fingerprint density at radius 3 is 2.12 bits per heavy atom. The summed E-state index contributed by atoms with van der Waals surface area (Å²) in [6, 6.07) is 0. The van der Waals surface area contributed by atoms with Gasteiger partial charge in [-0.25, -0.2) is 0 Å². The summed E-state index contributed by atoms with van der Waals surface area (Å²) in [5.41, 5.74) is -0.700. The highest BCUT2D eigenvalue weighted by Crippen LogP contribution is 2.01. The van der Waals surface area contributed by atoms with Gasteiger partial charge in [0.2, 0.25) is 0 Å². The van der Waals surface area contributed by atoms with Crippen molar-refractivity contribution < 1.29 is 5.11 Å². The Balaban J connectivity index is 3.69. The predicted molar refractivity (Wildman–Crippen MR) is 35.6 cm³/mol. The quantitative estimate of drug-likeness (QED) is 0.537. The first kappa shape index (κ1) is 7.44. The van der Waals surface area contributed by atoms with E-state index in [0.29, 0.717) is 0 Å². The molecule has 0 aliphatic rings. The predicted octanol–water partition coefficient (Wildman–Crippen LogP) is 1.50. The van der Waals surface area contributed by atoms with E-state index < -0.39 is 5.60 Å². The molecule has 0 atom stereocenters. The van der Waals surface area contributed by atoms with E-state index in [0.717, 1.165) is 0 Å². The van der Waals surface area contributed by atoms with Crippen molar-refractivity contribution in [3.8, 4) is 0 Å². The molecule has 1 nitrogen and oxygen atoms in total. The fourth-order valence-electron chi connectivity index (χ4n) is 0.304. The number of aliphatic hydroxyl groups is 1. The molecule has 0 saturated heterocycles. The molecule has 0 fully saturated rings. The summed E-state index contributed by atoms with van der Waals surface area (Å²) in [6.45, 7) is 6.90.